The van der Waals surface area contributed by atoms with Crippen LogP contribution in [0.15, 0.2) is 27.4 Å². The summed E-state index contributed by atoms with van der Waals surface area (Å²) >= 11 is 0. The molecule has 0 radical (unpaired) electrons. The molecule has 2 rings (SSSR count). The third-order valence-corrected chi connectivity index (χ3v) is 2.22. The van der Waals surface area contributed by atoms with Crippen LogP contribution in [0.3, 0.4) is 0 Å². The smallest absolute Gasteiger partial charge is 0.336 e. The molecule has 0 saturated heterocycles. The first-order valence-electron chi connectivity index (χ1n) is 4.46. The van der Waals surface area contributed by atoms with E-state index in [0.717, 1.165) is 0 Å². The van der Waals surface area contributed by atoms with Crippen molar-refractivity contribution in [2.24, 2.45) is 0 Å². The van der Waals surface area contributed by atoms with Crippen molar-refractivity contribution in [2.75, 3.05) is 7.11 Å². The van der Waals surface area contributed by atoms with Gasteiger partial charge in [-0.3, -0.25) is 4.79 Å². The number of rotatable bonds is 2. The van der Waals surface area contributed by atoms with Gasteiger partial charge >= 0.3 is 5.63 Å². The van der Waals surface area contributed by atoms with E-state index in [9.17, 15) is 14.7 Å². The molecule has 82 valence electrons. The zero-order valence-electron chi connectivity index (χ0n) is 8.39. The van der Waals surface area contributed by atoms with Gasteiger partial charge in [-0.2, -0.15) is 0 Å². The number of hydrogen-bond acceptors (Lipinski definition) is 5. The molecular weight excluding hydrogens is 212 g/mol. The second kappa shape index (κ2) is 3.69. The zero-order valence-corrected chi connectivity index (χ0v) is 8.39. The molecule has 0 saturated carbocycles. The first-order chi connectivity index (χ1) is 7.67. The lowest BCUT2D eigenvalue weighted by molar-refractivity contribution is 0.112. The Kier molecular flexibility index (Phi) is 2.36. The minimum Gasteiger partial charge on any atom is -0.507 e. The molecule has 0 amide bonds. The number of fused-ring (bicyclic) bond motifs is 1. The highest BCUT2D eigenvalue weighted by Crippen LogP contribution is 2.33. The van der Waals surface area contributed by atoms with E-state index >= 15 is 0 Å². The van der Waals surface area contributed by atoms with Crippen molar-refractivity contribution >= 4 is 17.3 Å². The maximum absolute atomic E-state index is 11.1. The van der Waals surface area contributed by atoms with Crippen LogP contribution in [0.4, 0.5) is 0 Å². The number of hydrogen-bond donors (Lipinski definition) is 1. The largest absolute Gasteiger partial charge is 0.507 e. The normalized spacial score (nSPS) is 10.3. The molecule has 0 aliphatic heterocycles. The fourth-order valence-corrected chi connectivity index (χ4v) is 1.49. The molecule has 16 heavy (non-hydrogen) atoms. The van der Waals surface area contributed by atoms with E-state index in [2.05, 4.69) is 0 Å². The van der Waals surface area contributed by atoms with Crippen LogP contribution in [0.5, 0.6) is 11.5 Å². The van der Waals surface area contributed by atoms with Crippen LogP contribution in [-0.2, 0) is 0 Å². The Labute approximate surface area is 89.9 Å². The molecule has 1 heterocycles. The van der Waals surface area contributed by atoms with Gasteiger partial charge in [0.25, 0.3) is 0 Å². The molecule has 0 atom stereocenters. The number of phenolic OH excluding ortho intramolecular Hbond substituents is 1. The number of aromatic hydroxyl groups is 1. The predicted octanol–water partition coefficient (Wildman–Crippen LogP) is 1.32. The molecule has 1 N–H and O–H groups in total. The summed E-state index contributed by atoms with van der Waals surface area (Å²) in [7, 11) is 1.42. The molecule has 0 unspecified atom stereocenters. The first kappa shape index (κ1) is 10.2. The number of ether oxygens (including phenoxy) is 1. The third kappa shape index (κ3) is 1.42. The van der Waals surface area contributed by atoms with Gasteiger partial charge in [0.1, 0.15) is 11.5 Å². The SMILES string of the molecule is COc1cc(O)c(C=O)c2oc(=O)ccc12. The van der Waals surface area contributed by atoms with E-state index in [-0.39, 0.29) is 16.9 Å². The Morgan fingerprint density at radius 2 is 2.19 bits per heavy atom. The van der Waals surface area contributed by atoms with Crippen molar-refractivity contribution in [3.8, 4) is 11.5 Å². The summed E-state index contributed by atoms with van der Waals surface area (Å²) < 4.78 is 9.89. The van der Waals surface area contributed by atoms with Crippen LogP contribution < -0.4 is 10.4 Å². The van der Waals surface area contributed by atoms with Crippen molar-refractivity contribution in [3.05, 3.63) is 34.2 Å². The van der Waals surface area contributed by atoms with Gasteiger partial charge in [0, 0.05) is 12.1 Å². The summed E-state index contributed by atoms with van der Waals surface area (Å²) in [4.78, 5) is 21.8. The molecule has 1 aromatic heterocycles. The highest BCUT2D eigenvalue weighted by atomic mass is 16.5. The van der Waals surface area contributed by atoms with E-state index in [1.807, 2.05) is 0 Å². The summed E-state index contributed by atoms with van der Waals surface area (Å²) in [5.74, 6) is 0.0514. The summed E-state index contributed by atoms with van der Waals surface area (Å²) in [5, 5.41) is 10.00. The second-order valence-corrected chi connectivity index (χ2v) is 3.13. The fraction of sp³-hybridized carbons (Fsp3) is 0.0909. The van der Waals surface area contributed by atoms with Gasteiger partial charge in [0.15, 0.2) is 11.9 Å². The van der Waals surface area contributed by atoms with Gasteiger partial charge in [-0.05, 0) is 6.07 Å². The summed E-state index contributed by atoms with van der Waals surface area (Å²) in [6, 6.07) is 4.00. The highest BCUT2D eigenvalue weighted by molar-refractivity contribution is 6.00. The van der Waals surface area contributed by atoms with E-state index in [0.29, 0.717) is 17.4 Å². The van der Waals surface area contributed by atoms with Crippen LogP contribution >= 0.6 is 0 Å². The van der Waals surface area contributed by atoms with Gasteiger partial charge in [-0.25, -0.2) is 4.79 Å². The average Bonchev–Trinajstić information content (AvgIpc) is 2.27. The van der Waals surface area contributed by atoms with Crippen LogP contribution in [-0.4, -0.2) is 18.5 Å². The monoisotopic (exact) mass is 220 g/mol. The highest BCUT2D eigenvalue weighted by Gasteiger charge is 2.14. The first-order valence-corrected chi connectivity index (χ1v) is 4.46. The molecule has 0 bridgehead atoms. The maximum Gasteiger partial charge on any atom is 0.336 e. The topological polar surface area (TPSA) is 76.7 Å². The van der Waals surface area contributed by atoms with Crippen LogP contribution in [0.2, 0.25) is 0 Å². The third-order valence-electron chi connectivity index (χ3n) is 2.22. The molecule has 0 aliphatic carbocycles. The molecule has 0 aliphatic rings. The lowest BCUT2D eigenvalue weighted by Crippen LogP contribution is -1.98. The van der Waals surface area contributed by atoms with Gasteiger partial charge in [-0.1, -0.05) is 0 Å². The average molecular weight is 220 g/mol. The zero-order chi connectivity index (χ0) is 11.7. The lowest BCUT2D eigenvalue weighted by Gasteiger charge is -2.07. The van der Waals surface area contributed by atoms with E-state index in [4.69, 9.17) is 9.15 Å². The van der Waals surface area contributed by atoms with Crippen LogP contribution in [0, 0.1) is 0 Å². The summed E-state index contributed by atoms with van der Waals surface area (Å²) in [6.07, 6.45) is 0.431. The number of benzene rings is 1. The van der Waals surface area contributed by atoms with Crippen molar-refractivity contribution in [1.82, 2.24) is 0 Å². The molecule has 2 aromatic rings. The van der Waals surface area contributed by atoms with E-state index < -0.39 is 5.63 Å². The fourth-order valence-electron chi connectivity index (χ4n) is 1.49. The number of aldehydes is 1. The summed E-state index contributed by atoms with van der Waals surface area (Å²) in [5.41, 5.74) is -0.629. The standard InChI is InChI=1S/C11H8O5/c1-15-9-4-8(13)7(5-12)11-6(9)2-3-10(14)16-11/h2-5,13H,1H3. The summed E-state index contributed by atoms with van der Waals surface area (Å²) in [6.45, 7) is 0. The predicted molar refractivity (Wildman–Crippen MR) is 56.1 cm³/mol. The Bertz CT molecular complexity index is 612. The number of carbonyl (C=O) groups is 1. The minimum atomic E-state index is -0.594. The van der Waals surface area contributed by atoms with Crippen molar-refractivity contribution in [1.29, 1.82) is 0 Å². The Morgan fingerprint density at radius 1 is 1.44 bits per heavy atom. The second-order valence-electron chi connectivity index (χ2n) is 3.13. The molecule has 1 aromatic carbocycles. The molecule has 0 spiro atoms. The van der Waals surface area contributed by atoms with Gasteiger partial charge < -0.3 is 14.3 Å². The number of methoxy groups -OCH3 is 1. The van der Waals surface area contributed by atoms with Crippen LogP contribution in [0.25, 0.3) is 11.0 Å². The quantitative estimate of drug-likeness (QED) is 0.610. The molecule has 5 heteroatoms. The minimum absolute atomic E-state index is 0.0272. The number of phenols is 1. The van der Waals surface area contributed by atoms with Crippen LogP contribution in [0.1, 0.15) is 10.4 Å². The van der Waals surface area contributed by atoms with Gasteiger partial charge in [-0.15, -0.1) is 0 Å². The van der Waals surface area contributed by atoms with E-state index in [1.165, 1.54) is 25.3 Å². The molecular formula is C11H8O5. The number of carbonyl (C=O) groups excluding carboxylic acids is 1. The Hall–Kier alpha value is -2.30. The van der Waals surface area contributed by atoms with E-state index in [1.54, 1.807) is 0 Å². The van der Waals surface area contributed by atoms with Crippen molar-refractivity contribution in [2.45, 2.75) is 0 Å². The molecule has 0 fully saturated rings. The van der Waals surface area contributed by atoms with Crippen molar-refractivity contribution in [3.63, 3.8) is 0 Å². The molecule has 5 nitrogen and oxygen atoms in total. The van der Waals surface area contributed by atoms with Crippen molar-refractivity contribution < 1.29 is 19.1 Å². The maximum atomic E-state index is 11.1. The Balaban J connectivity index is 2.99. The van der Waals surface area contributed by atoms with Gasteiger partial charge in [0.05, 0.1) is 18.1 Å². The van der Waals surface area contributed by atoms with Gasteiger partial charge in [0.2, 0.25) is 0 Å². The Morgan fingerprint density at radius 3 is 2.81 bits per heavy atom. The lowest BCUT2D eigenvalue weighted by atomic mass is 10.1.